The molecule has 1 aliphatic rings. The molecule has 0 aromatic heterocycles. The Hall–Kier alpha value is -3.09. The van der Waals surface area contributed by atoms with Gasteiger partial charge in [0.1, 0.15) is 5.75 Å². The second-order valence-corrected chi connectivity index (χ2v) is 5.52. The zero-order valence-corrected chi connectivity index (χ0v) is 12.8. The highest BCUT2D eigenvalue weighted by Crippen LogP contribution is 2.42. The molecule has 1 fully saturated rings. The number of benzene rings is 2. The van der Waals surface area contributed by atoms with E-state index >= 15 is 0 Å². The number of nitro benzene ring substituents is 1. The Morgan fingerprint density at radius 1 is 1.17 bits per heavy atom. The molecule has 0 unspecified atom stereocenters. The summed E-state index contributed by atoms with van der Waals surface area (Å²) in [5, 5.41) is 20.7. The van der Waals surface area contributed by atoms with Gasteiger partial charge in [0.15, 0.2) is 0 Å². The highest BCUT2D eigenvalue weighted by Gasteiger charge is 2.28. The smallest absolute Gasteiger partial charge is 0.336 e. The first-order valence-electron chi connectivity index (χ1n) is 7.60. The molecule has 0 atom stereocenters. The first kappa shape index (κ1) is 15.8. The summed E-state index contributed by atoms with van der Waals surface area (Å²) in [5.41, 5.74) is -0.0207. The van der Waals surface area contributed by atoms with Crippen LogP contribution < -0.4 is 9.64 Å². The summed E-state index contributed by atoms with van der Waals surface area (Å²) in [6.45, 7) is 1.43. The number of carboxylic acid groups (broad SMARTS) is 1. The molecule has 0 amide bonds. The van der Waals surface area contributed by atoms with Gasteiger partial charge in [-0.05, 0) is 31.0 Å². The van der Waals surface area contributed by atoms with Crippen LogP contribution in [0.15, 0.2) is 42.5 Å². The number of anilines is 1. The molecule has 0 bridgehead atoms. The summed E-state index contributed by atoms with van der Waals surface area (Å²) < 4.78 is 5.77. The molecule has 0 radical (unpaired) electrons. The summed E-state index contributed by atoms with van der Waals surface area (Å²) in [6, 6.07) is 11.2. The number of nitro groups is 1. The normalized spacial score (nSPS) is 13.8. The summed E-state index contributed by atoms with van der Waals surface area (Å²) in [5.74, 6) is -0.660. The minimum atomic E-state index is -1.20. The van der Waals surface area contributed by atoms with Gasteiger partial charge in [0, 0.05) is 19.2 Å². The van der Waals surface area contributed by atoms with Gasteiger partial charge in [-0.15, -0.1) is 0 Å². The van der Waals surface area contributed by atoms with Gasteiger partial charge in [0.25, 0.3) is 0 Å². The van der Waals surface area contributed by atoms with Crippen LogP contribution in [0.4, 0.5) is 11.4 Å². The highest BCUT2D eigenvalue weighted by atomic mass is 16.6. The van der Waals surface area contributed by atoms with E-state index in [1.807, 2.05) is 11.0 Å². The van der Waals surface area contributed by atoms with Crippen LogP contribution in [0, 0.1) is 10.1 Å². The topological polar surface area (TPSA) is 92.9 Å². The molecule has 1 saturated heterocycles. The van der Waals surface area contributed by atoms with Crippen LogP contribution in [0.3, 0.4) is 0 Å². The van der Waals surface area contributed by atoms with Gasteiger partial charge >= 0.3 is 11.7 Å². The Balaban J connectivity index is 2.15. The lowest BCUT2D eigenvalue weighted by atomic mass is 10.1. The van der Waals surface area contributed by atoms with E-state index in [9.17, 15) is 20.0 Å². The van der Waals surface area contributed by atoms with E-state index in [-0.39, 0.29) is 17.0 Å². The van der Waals surface area contributed by atoms with Gasteiger partial charge in [-0.25, -0.2) is 4.79 Å². The van der Waals surface area contributed by atoms with Gasteiger partial charge in [-0.2, -0.15) is 0 Å². The zero-order valence-electron chi connectivity index (χ0n) is 12.8. The quantitative estimate of drug-likeness (QED) is 0.664. The average Bonchev–Trinajstić information content (AvgIpc) is 3.09. The summed E-state index contributed by atoms with van der Waals surface area (Å²) >= 11 is 0. The Morgan fingerprint density at radius 2 is 1.83 bits per heavy atom. The maximum Gasteiger partial charge on any atom is 0.336 e. The minimum Gasteiger partial charge on any atom is -0.478 e. The summed E-state index contributed by atoms with van der Waals surface area (Å²) in [6.07, 6.45) is 1.91. The predicted octanol–water partition coefficient (Wildman–Crippen LogP) is 3.69. The van der Waals surface area contributed by atoms with E-state index in [1.165, 1.54) is 6.07 Å². The predicted molar refractivity (Wildman–Crippen MR) is 88.0 cm³/mol. The van der Waals surface area contributed by atoms with Crippen LogP contribution in [-0.2, 0) is 0 Å². The van der Waals surface area contributed by atoms with Crippen molar-refractivity contribution in [1.82, 2.24) is 0 Å². The fourth-order valence-corrected chi connectivity index (χ4v) is 2.76. The van der Waals surface area contributed by atoms with Gasteiger partial charge in [0.05, 0.1) is 16.2 Å². The van der Waals surface area contributed by atoms with Crippen LogP contribution in [0.5, 0.6) is 11.5 Å². The van der Waals surface area contributed by atoms with Crippen molar-refractivity contribution in [2.45, 2.75) is 12.8 Å². The Bertz CT molecular complexity index is 770. The first-order valence-corrected chi connectivity index (χ1v) is 7.60. The molecule has 2 aromatic rings. The molecule has 7 nitrogen and oxygen atoms in total. The highest BCUT2D eigenvalue weighted by molar-refractivity contribution is 5.91. The van der Waals surface area contributed by atoms with Crippen molar-refractivity contribution in [3.8, 4) is 11.5 Å². The molecular weight excluding hydrogens is 312 g/mol. The molecular formula is C17H16N2O5. The molecule has 1 N–H and O–H groups in total. The standard InChI is InChI=1S/C17H16N2O5/c20-17(21)12-10-14(18-8-4-5-9-18)16(15(11-12)19(22)23)24-13-6-2-1-3-7-13/h1-3,6-7,10-11H,4-5,8-9H2,(H,20,21). The lowest BCUT2D eigenvalue weighted by Gasteiger charge is -2.21. The average molecular weight is 328 g/mol. The van der Waals surface area contributed by atoms with E-state index in [0.717, 1.165) is 18.9 Å². The molecule has 124 valence electrons. The lowest BCUT2D eigenvalue weighted by molar-refractivity contribution is -0.385. The lowest BCUT2D eigenvalue weighted by Crippen LogP contribution is -2.19. The van der Waals surface area contributed by atoms with Crippen LogP contribution in [0.1, 0.15) is 23.2 Å². The van der Waals surface area contributed by atoms with E-state index < -0.39 is 10.9 Å². The van der Waals surface area contributed by atoms with Crippen molar-refractivity contribution in [3.63, 3.8) is 0 Å². The minimum absolute atomic E-state index is 0.0816. The van der Waals surface area contributed by atoms with Crippen LogP contribution >= 0.6 is 0 Å². The monoisotopic (exact) mass is 328 g/mol. The van der Waals surface area contributed by atoms with E-state index in [1.54, 1.807) is 24.3 Å². The largest absolute Gasteiger partial charge is 0.478 e. The van der Waals surface area contributed by atoms with Gasteiger partial charge in [-0.3, -0.25) is 10.1 Å². The van der Waals surface area contributed by atoms with E-state index in [0.29, 0.717) is 24.5 Å². The van der Waals surface area contributed by atoms with Crippen molar-refractivity contribution in [2.24, 2.45) is 0 Å². The van der Waals surface area contributed by atoms with Crippen LogP contribution in [0.2, 0.25) is 0 Å². The third-order valence-electron chi connectivity index (χ3n) is 3.90. The molecule has 24 heavy (non-hydrogen) atoms. The van der Waals surface area contributed by atoms with E-state index in [2.05, 4.69) is 0 Å². The summed E-state index contributed by atoms with van der Waals surface area (Å²) in [4.78, 5) is 24.1. The number of hydrogen-bond acceptors (Lipinski definition) is 5. The second kappa shape index (κ2) is 6.57. The van der Waals surface area contributed by atoms with Crippen LogP contribution in [0.25, 0.3) is 0 Å². The molecule has 0 saturated carbocycles. The fourth-order valence-electron chi connectivity index (χ4n) is 2.76. The molecule has 0 aliphatic carbocycles. The Kier molecular flexibility index (Phi) is 4.33. The van der Waals surface area contributed by atoms with Gasteiger partial charge in [0.2, 0.25) is 5.75 Å². The Labute approximate surface area is 138 Å². The molecule has 3 rings (SSSR count). The van der Waals surface area contributed by atoms with Gasteiger partial charge < -0.3 is 14.7 Å². The number of rotatable bonds is 5. The van der Waals surface area contributed by atoms with Crippen molar-refractivity contribution in [2.75, 3.05) is 18.0 Å². The fraction of sp³-hybridized carbons (Fsp3) is 0.235. The number of para-hydroxylation sites is 1. The van der Waals surface area contributed by atoms with E-state index in [4.69, 9.17) is 4.74 Å². The first-order chi connectivity index (χ1) is 11.6. The van der Waals surface area contributed by atoms with Crippen molar-refractivity contribution < 1.29 is 19.6 Å². The second-order valence-electron chi connectivity index (χ2n) is 5.52. The SMILES string of the molecule is O=C(O)c1cc(N2CCCC2)c(Oc2ccccc2)c([N+](=O)[O-])c1. The molecule has 1 aliphatic heterocycles. The molecule has 2 aromatic carbocycles. The maximum absolute atomic E-state index is 11.5. The van der Waals surface area contributed by atoms with Crippen molar-refractivity contribution in [3.05, 3.63) is 58.1 Å². The summed E-state index contributed by atoms with van der Waals surface area (Å²) in [7, 11) is 0. The number of carboxylic acids is 1. The Morgan fingerprint density at radius 3 is 2.42 bits per heavy atom. The van der Waals surface area contributed by atoms with Crippen LogP contribution in [-0.4, -0.2) is 29.1 Å². The number of aromatic carboxylic acids is 1. The third kappa shape index (κ3) is 3.15. The third-order valence-corrected chi connectivity index (χ3v) is 3.90. The number of carbonyl (C=O) groups is 1. The van der Waals surface area contributed by atoms with Crippen molar-refractivity contribution in [1.29, 1.82) is 0 Å². The van der Waals surface area contributed by atoms with Crippen molar-refractivity contribution >= 4 is 17.3 Å². The molecule has 0 spiro atoms. The number of nitrogens with zero attached hydrogens (tertiary/aromatic N) is 2. The number of hydrogen-bond donors (Lipinski definition) is 1. The maximum atomic E-state index is 11.5. The number of ether oxygens (including phenoxy) is 1. The zero-order chi connectivity index (χ0) is 17.1. The van der Waals surface area contributed by atoms with Gasteiger partial charge in [-0.1, -0.05) is 18.2 Å². The molecule has 1 heterocycles. The molecule has 7 heteroatoms.